The molecule has 0 amide bonds. The van der Waals surface area contributed by atoms with Crippen LogP contribution in [-0.4, -0.2) is 0 Å². The topological polar surface area (TPSA) is 17.1 Å². The normalized spacial score (nSPS) is 11.2. The fourth-order valence-corrected chi connectivity index (χ4v) is 3.77. The lowest BCUT2D eigenvalue weighted by molar-refractivity contribution is 0.598. The van der Waals surface area contributed by atoms with Crippen LogP contribution in [0.3, 0.4) is 0 Å². The third-order valence-electron chi connectivity index (χ3n) is 3.20. The molecule has 0 saturated carbocycles. The number of benzene rings is 2. The summed E-state index contributed by atoms with van der Waals surface area (Å²) in [5.41, 5.74) is 4.54. The summed E-state index contributed by atoms with van der Waals surface area (Å²) in [7, 11) is -1.60. The molecule has 96 valence electrons. The van der Waals surface area contributed by atoms with Crippen molar-refractivity contribution in [2.24, 2.45) is 0 Å². The van der Waals surface area contributed by atoms with Gasteiger partial charge in [0.25, 0.3) is 0 Å². The molecule has 0 aliphatic rings. The second-order valence-electron chi connectivity index (χ2n) is 4.85. The molecule has 0 saturated heterocycles. The van der Waals surface area contributed by atoms with Gasteiger partial charge in [-0.05, 0) is 50.6 Å². The van der Waals surface area contributed by atoms with Crippen molar-refractivity contribution in [3.05, 3.63) is 71.3 Å². The van der Waals surface area contributed by atoms with Crippen molar-refractivity contribution in [2.75, 3.05) is 0 Å². The van der Waals surface area contributed by atoms with E-state index in [4.69, 9.17) is 0 Å². The lowest BCUT2D eigenvalue weighted by Gasteiger charge is -2.07. The standard InChI is InChI=1S/C17H18OP/c1-12-10-13(2)17(14(3)11-12)15(4)19(18)16-8-6-5-7-9-16/h5-11H,4H2,1-3H3/q+1. The third kappa shape index (κ3) is 2.83. The molecule has 0 aliphatic heterocycles. The summed E-state index contributed by atoms with van der Waals surface area (Å²) in [5.74, 6) is 0. The highest BCUT2D eigenvalue weighted by Crippen LogP contribution is 2.40. The number of rotatable bonds is 3. The highest BCUT2D eigenvalue weighted by Gasteiger charge is 2.28. The number of hydrogen-bond acceptors (Lipinski definition) is 1. The predicted molar refractivity (Wildman–Crippen MR) is 83.4 cm³/mol. The molecule has 0 heterocycles. The lowest BCUT2D eigenvalue weighted by atomic mass is 10.00. The minimum atomic E-state index is -1.60. The Balaban J connectivity index is 2.44. The molecule has 0 bridgehead atoms. The third-order valence-corrected chi connectivity index (χ3v) is 4.68. The summed E-state index contributed by atoms with van der Waals surface area (Å²) < 4.78 is 12.6. The smallest absolute Gasteiger partial charge is 0.0619 e. The Kier molecular flexibility index (Phi) is 3.97. The van der Waals surface area contributed by atoms with Crippen molar-refractivity contribution in [3.8, 4) is 0 Å². The van der Waals surface area contributed by atoms with Crippen LogP contribution in [0, 0.1) is 20.8 Å². The zero-order valence-electron chi connectivity index (χ0n) is 11.6. The Bertz CT molecular complexity index is 619. The maximum atomic E-state index is 12.6. The van der Waals surface area contributed by atoms with E-state index in [2.05, 4.69) is 39.5 Å². The van der Waals surface area contributed by atoms with Crippen LogP contribution in [0.1, 0.15) is 22.3 Å². The second kappa shape index (κ2) is 5.50. The van der Waals surface area contributed by atoms with Gasteiger partial charge in [0.15, 0.2) is 10.6 Å². The molecule has 2 heteroatoms. The summed E-state index contributed by atoms with van der Waals surface area (Å²) in [6.45, 7) is 10.2. The van der Waals surface area contributed by atoms with Crippen LogP contribution in [0.4, 0.5) is 0 Å². The van der Waals surface area contributed by atoms with Gasteiger partial charge in [0, 0.05) is 5.56 Å². The van der Waals surface area contributed by atoms with Gasteiger partial charge in [0.1, 0.15) is 0 Å². The van der Waals surface area contributed by atoms with E-state index in [1.807, 2.05) is 30.3 Å². The van der Waals surface area contributed by atoms with Crippen LogP contribution in [0.25, 0.3) is 5.31 Å². The highest BCUT2D eigenvalue weighted by atomic mass is 31.1. The van der Waals surface area contributed by atoms with Crippen molar-refractivity contribution in [1.29, 1.82) is 0 Å². The van der Waals surface area contributed by atoms with Crippen LogP contribution in [0.2, 0.25) is 0 Å². The summed E-state index contributed by atoms with van der Waals surface area (Å²) in [6.07, 6.45) is 0. The quantitative estimate of drug-likeness (QED) is 0.736. The Hall–Kier alpha value is -1.72. The first-order chi connectivity index (χ1) is 9.00. The molecule has 1 unspecified atom stereocenters. The molecule has 0 aromatic heterocycles. The lowest BCUT2D eigenvalue weighted by Crippen LogP contribution is -1.98. The van der Waals surface area contributed by atoms with Crippen LogP contribution in [0.15, 0.2) is 49.0 Å². The number of hydrogen-bond donors (Lipinski definition) is 0. The van der Waals surface area contributed by atoms with Gasteiger partial charge >= 0.3 is 7.80 Å². The van der Waals surface area contributed by atoms with E-state index in [0.29, 0.717) is 0 Å². The molecule has 2 aromatic carbocycles. The minimum Gasteiger partial charge on any atom is -0.0619 e. The molecule has 0 aliphatic carbocycles. The molecule has 0 fully saturated rings. The molecule has 19 heavy (non-hydrogen) atoms. The van der Waals surface area contributed by atoms with E-state index in [-0.39, 0.29) is 0 Å². The van der Waals surface area contributed by atoms with Gasteiger partial charge in [-0.15, -0.1) is 0 Å². The molecule has 0 N–H and O–H groups in total. The van der Waals surface area contributed by atoms with Gasteiger partial charge in [-0.3, -0.25) is 0 Å². The fraction of sp³-hybridized carbons (Fsp3) is 0.176. The van der Waals surface area contributed by atoms with Crippen LogP contribution in [-0.2, 0) is 4.57 Å². The maximum absolute atomic E-state index is 12.6. The Labute approximate surface area is 115 Å². The number of aryl methyl sites for hydroxylation is 3. The van der Waals surface area contributed by atoms with Crippen LogP contribution < -0.4 is 5.30 Å². The summed E-state index contributed by atoms with van der Waals surface area (Å²) in [4.78, 5) is 0. The Morgan fingerprint density at radius 3 is 2.05 bits per heavy atom. The van der Waals surface area contributed by atoms with Crippen molar-refractivity contribution in [3.63, 3.8) is 0 Å². The van der Waals surface area contributed by atoms with Gasteiger partial charge in [-0.1, -0.05) is 40.5 Å². The molecule has 1 nitrogen and oxygen atoms in total. The molecular weight excluding hydrogens is 251 g/mol. The van der Waals surface area contributed by atoms with Crippen LogP contribution in [0.5, 0.6) is 0 Å². The van der Waals surface area contributed by atoms with E-state index >= 15 is 0 Å². The highest BCUT2D eigenvalue weighted by molar-refractivity contribution is 7.64. The van der Waals surface area contributed by atoms with E-state index in [1.165, 1.54) is 5.56 Å². The first-order valence-corrected chi connectivity index (χ1v) is 7.56. The molecule has 0 spiro atoms. The van der Waals surface area contributed by atoms with Crippen molar-refractivity contribution >= 4 is 18.4 Å². The SMILES string of the molecule is C=C(c1c(C)cc(C)cc1C)[P+](=O)c1ccccc1. The van der Waals surface area contributed by atoms with Gasteiger partial charge in [0.2, 0.25) is 0 Å². The molecule has 0 radical (unpaired) electrons. The van der Waals surface area contributed by atoms with E-state index in [0.717, 1.165) is 27.3 Å². The second-order valence-corrected chi connectivity index (χ2v) is 6.50. The van der Waals surface area contributed by atoms with Crippen LogP contribution >= 0.6 is 7.80 Å². The molecule has 1 atom stereocenters. The van der Waals surface area contributed by atoms with Gasteiger partial charge < -0.3 is 0 Å². The Morgan fingerprint density at radius 1 is 1.00 bits per heavy atom. The zero-order chi connectivity index (χ0) is 14.0. The molecule has 2 rings (SSSR count). The summed E-state index contributed by atoms with van der Waals surface area (Å²) >= 11 is 0. The van der Waals surface area contributed by atoms with Crippen molar-refractivity contribution < 1.29 is 4.57 Å². The monoisotopic (exact) mass is 269 g/mol. The molecule has 2 aromatic rings. The summed E-state index contributed by atoms with van der Waals surface area (Å²) in [6, 6.07) is 13.8. The Morgan fingerprint density at radius 2 is 1.53 bits per heavy atom. The summed E-state index contributed by atoms with van der Waals surface area (Å²) in [5, 5.41) is 1.55. The van der Waals surface area contributed by atoms with Gasteiger partial charge in [-0.25, -0.2) is 0 Å². The first kappa shape index (κ1) is 13.7. The fourth-order valence-electron chi connectivity index (χ4n) is 2.46. The van der Waals surface area contributed by atoms with E-state index < -0.39 is 7.80 Å². The first-order valence-electron chi connectivity index (χ1n) is 6.30. The predicted octanol–water partition coefficient (Wildman–Crippen LogP) is 4.74. The average molecular weight is 269 g/mol. The van der Waals surface area contributed by atoms with Gasteiger partial charge in [0.05, 0.1) is 0 Å². The van der Waals surface area contributed by atoms with E-state index in [9.17, 15) is 4.57 Å². The average Bonchev–Trinajstić information content (AvgIpc) is 2.37. The zero-order valence-corrected chi connectivity index (χ0v) is 12.5. The van der Waals surface area contributed by atoms with Crippen molar-refractivity contribution in [2.45, 2.75) is 20.8 Å². The largest absolute Gasteiger partial charge is 0.415 e. The maximum Gasteiger partial charge on any atom is 0.415 e. The van der Waals surface area contributed by atoms with Crippen molar-refractivity contribution in [1.82, 2.24) is 0 Å². The minimum absolute atomic E-state index is 0.719. The van der Waals surface area contributed by atoms with E-state index in [1.54, 1.807) is 0 Å². The molecular formula is C17H18OP+. The van der Waals surface area contributed by atoms with Gasteiger partial charge in [-0.2, -0.15) is 0 Å².